The highest BCUT2D eigenvalue weighted by Gasteiger charge is 2.36. The molecule has 26 heavy (non-hydrogen) atoms. The minimum absolute atomic E-state index is 0.00455. The molecule has 2 aromatic heterocycles. The van der Waals surface area contributed by atoms with Gasteiger partial charge in [-0.1, -0.05) is 18.6 Å². The molecule has 0 aliphatic heterocycles. The number of aliphatic hydroxyl groups is 1. The number of aryl methyl sites for hydroxylation is 1. The second kappa shape index (κ2) is 6.88. The number of anilines is 1. The lowest BCUT2D eigenvalue weighted by atomic mass is 9.69. The van der Waals surface area contributed by atoms with Gasteiger partial charge in [-0.15, -0.1) is 0 Å². The second-order valence-corrected chi connectivity index (χ2v) is 7.14. The summed E-state index contributed by atoms with van der Waals surface area (Å²) in [5.74, 6) is 0.588. The Hall–Kier alpha value is -2.73. The Morgan fingerprint density at radius 3 is 2.88 bits per heavy atom. The molecule has 4 rings (SSSR count). The average Bonchev–Trinajstić information content (AvgIpc) is 3.12. The molecule has 0 saturated heterocycles. The fourth-order valence-corrected chi connectivity index (χ4v) is 3.31. The molecular formula is C20H23N5O. The van der Waals surface area contributed by atoms with Gasteiger partial charge in [0.1, 0.15) is 0 Å². The van der Waals surface area contributed by atoms with Gasteiger partial charge >= 0.3 is 0 Å². The van der Waals surface area contributed by atoms with Crippen molar-refractivity contribution in [3.05, 3.63) is 54.5 Å². The highest BCUT2D eigenvalue weighted by Crippen LogP contribution is 2.40. The highest BCUT2D eigenvalue weighted by molar-refractivity contribution is 5.58. The number of nitrogens with one attached hydrogen (secondary N) is 1. The Balaban J connectivity index is 1.51. The summed E-state index contributed by atoms with van der Waals surface area (Å²) in [6.45, 7) is 2.98. The van der Waals surface area contributed by atoms with Crippen LogP contribution in [0.1, 0.15) is 24.8 Å². The third-order valence-corrected chi connectivity index (χ3v) is 5.17. The predicted molar refractivity (Wildman–Crippen MR) is 101 cm³/mol. The highest BCUT2D eigenvalue weighted by atomic mass is 16.3. The molecule has 1 saturated carbocycles. The third-order valence-electron chi connectivity index (χ3n) is 5.17. The summed E-state index contributed by atoms with van der Waals surface area (Å²) in [6.07, 6.45) is 8.83. The smallest absolute Gasteiger partial charge is 0.223 e. The molecule has 1 aliphatic rings. The molecule has 2 heterocycles. The van der Waals surface area contributed by atoms with Gasteiger partial charge in [0.25, 0.3) is 0 Å². The van der Waals surface area contributed by atoms with Crippen molar-refractivity contribution >= 4 is 5.95 Å². The number of rotatable bonds is 6. The van der Waals surface area contributed by atoms with E-state index >= 15 is 0 Å². The average molecular weight is 349 g/mol. The van der Waals surface area contributed by atoms with Crippen molar-refractivity contribution in [1.29, 1.82) is 0 Å². The fourth-order valence-electron chi connectivity index (χ4n) is 3.31. The van der Waals surface area contributed by atoms with E-state index in [1.54, 1.807) is 6.20 Å². The zero-order valence-corrected chi connectivity index (χ0v) is 14.9. The Bertz CT molecular complexity index is 895. The molecule has 1 aromatic carbocycles. The quantitative estimate of drug-likeness (QED) is 0.715. The van der Waals surface area contributed by atoms with Gasteiger partial charge in [0.15, 0.2) is 0 Å². The lowest BCUT2D eigenvalue weighted by Gasteiger charge is -2.40. The molecule has 6 nitrogen and oxygen atoms in total. The SMILES string of the molecule is Cc1cccc(-n2cc(-c3ccnc(NCC4(CO)CCC4)n3)cn2)c1. The van der Waals surface area contributed by atoms with E-state index in [1.165, 1.54) is 12.0 Å². The van der Waals surface area contributed by atoms with Crippen LogP contribution in [0.4, 0.5) is 5.95 Å². The zero-order valence-electron chi connectivity index (χ0n) is 14.9. The maximum atomic E-state index is 9.59. The maximum Gasteiger partial charge on any atom is 0.223 e. The van der Waals surface area contributed by atoms with Crippen LogP contribution in [0.15, 0.2) is 48.9 Å². The van der Waals surface area contributed by atoms with Gasteiger partial charge in [-0.05, 0) is 43.5 Å². The normalized spacial score (nSPS) is 15.5. The van der Waals surface area contributed by atoms with Crippen LogP contribution in [0.5, 0.6) is 0 Å². The second-order valence-electron chi connectivity index (χ2n) is 7.14. The summed E-state index contributed by atoms with van der Waals surface area (Å²) in [7, 11) is 0. The van der Waals surface area contributed by atoms with E-state index < -0.39 is 0 Å². The lowest BCUT2D eigenvalue weighted by molar-refractivity contribution is 0.0575. The van der Waals surface area contributed by atoms with Crippen molar-refractivity contribution in [3.63, 3.8) is 0 Å². The topological polar surface area (TPSA) is 75.9 Å². The van der Waals surface area contributed by atoms with Crippen molar-refractivity contribution in [1.82, 2.24) is 19.7 Å². The fraction of sp³-hybridized carbons (Fsp3) is 0.350. The molecule has 6 heteroatoms. The Morgan fingerprint density at radius 2 is 2.15 bits per heavy atom. The first-order valence-corrected chi connectivity index (χ1v) is 8.97. The Labute approximate surface area is 152 Å². The van der Waals surface area contributed by atoms with Crippen molar-refractivity contribution in [2.45, 2.75) is 26.2 Å². The maximum absolute atomic E-state index is 9.59. The van der Waals surface area contributed by atoms with Gasteiger partial charge in [0.2, 0.25) is 5.95 Å². The molecule has 0 unspecified atom stereocenters. The summed E-state index contributed by atoms with van der Waals surface area (Å²) < 4.78 is 1.85. The molecule has 2 N–H and O–H groups in total. The number of hydrogen-bond acceptors (Lipinski definition) is 5. The number of hydrogen-bond donors (Lipinski definition) is 2. The molecule has 0 amide bonds. The van der Waals surface area contributed by atoms with Crippen LogP contribution in [0.3, 0.4) is 0 Å². The molecular weight excluding hydrogens is 326 g/mol. The van der Waals surface area contributed by atoms with Crippen LogP contribution >= 0.6 is 0 Å². The number of benzene rings is 1. The standard InChI is InChI=1S/C20H23N5O/c1-15-4-2-5-17(10-15)25-12-16(11-23-25)18-6-9-21-19(24-18)22-13-20(14-26)7-3-8-20/h2,4-6,9-12,26H,3,7-8,13-14H2,1H3,(H,21,22,24). The van der Waals surface area contributed by atoms with Crippen LogP contribution in [0, 0.1) is 12.3 Å². The lowest BCUT2D eigenvalue weighted by Crippen LogP contribution is -2.40. The minimum atomic E-state index is -0.00455. The van der Waals surface area contributed by atoms with E-state index in [4.69, 9.17) is 0 Å². The van der Waals surface area contributed by atoms with Gasteiger partial charge in [0.05, 0.1) is 24.2 Å². The van der Waals surface area contributed by atoms with Gasteiger partial charge in [-0.25, -0.2) is 14.6 Å². The van der Waals surface area contributed by atoms with Crippen LogP contribution in [-0.4, -0.2) is 38.0 Å². The van der Waals surface area contributed by atoms with E-state index in [0.29, 0.717) is 12.5 Å². The molecule has 0 bridgehead atoms. The first kappa shape index (κ1) is 16.7. The van der Waals surface area contributed by atoms with Crippen LogP contribution < -0.4 is 5.32 Å². The largest absolute Gasteiger partial charge is 0.396 e. The summed E-state index contributed by atoms with van der Waals surface area (Å²) in [5.41, 5.74) is 3.99. The van der Waals surface area contributed by atoms with E-state index in [2.05, 4.69) is 39.4 Å². The number of aliphatic hydroxyl groups excluding tert-OH is 1. The summed E-state index contributed by atoms with van der Waals surface area (Å²) in [4.78, 5) is 8.91. The monoisotopic (exact) mass is 349 g/mol. The van der Waals surface area contributed by atoms with Crippen molar-refractivity contribution in [2.24, 2.45) is 5.41 Å². The molecule has 3 aromatic rings. The zero-order chi connectivity index (χ0) is 18.0. The van der Waals surface area contributed by atoms with Gasteiger partial charge < -0.3 is 10.4 Å². The molecule has 0 radical (unpaired) electrons. The minimum Gasteiger partial charge on any atom is -0.396 e. The molecule has 1 fully saturated rings. The molecule has 1 aliphatic carbocycles. The van der Waals surface area contributed by atoms with Gasteiger partial charge in [-0.2, -0.15) is 5.10 Å². The predicted octanol–water partition coefficient (Wildman–Crippen LogP) is 3.21. The Morgan fingerprint density at radius 1 is 1.27 bits per heavy atom. The van der Waals surface area contributed by atoms with Gasteiger partial charge in [-0.3, -0.25) is 0 Å². The van der Waals surface area contributed by atoms with Crippen molar-refractivity contribution in [3.8, 4) is 16.9 Å². The molecule has 0 spiro atoms. The number of nitrogens with zero attached hydrogens (tertiary/aromatic N) is 4. The van der Waals surface area contributed by atoms with Crippen LogP contribution in [0.2, 0.25) is 0 Å². The van der Waals surface area contributed by atoms with Gasteiger partial charge in [0, 0.05) is 29.9 Å². The van der Waals surface area contributed by atoms with Crippen molar-refractivity contribution in [2.75, 3.05) is 18.5 Å². The van der Waals surface area contributed by atoms with Crippen molar-refractivity contribution < 1.29 is 5.11 Å². The number of aromatic nitrogens is 4. The summed E-state index contributed by atoms with van der Waals surface area (Å²) in [5, 5.41) is 17.3. The van der Waals surface area contributed by atoms with Crippen LogP contribution in [-0.2, 0) is 0 Å². The molecule has 0 atom stereocenters. The first-order valence-electron chi connectivity index (χ1n) is 8.97. The van der Waals surface area contributed by atoms with Crippen LogP contribution in [0.25, 0.3) is 16.9 Å². The summed E-state index contributed by atoms with van der Waals surface area (Å²) >= 11 is 0. The van der Waals surface area contributed by atoms with E-state index in [-0.39, 0.29) is 12.0 Å². The van der Waals surface area contributed by atoms with E-state index in [9.17, 15) is 5.11 Å². The molecule has 134 valence electrons. The third kappa shape index (κ3) is 3.32. The first-order chi connectivity index (χ1) is 12.7. The Kier molecular flexibility index (Phi) is 4.42. The van der Waals surface area contributed by atoms with E-state index in [0.717, 1.165) is 29.8 Å². The van der Waals surface area contributed by atoms with E-state index in [1.807, 2.05) is 35.3 Å². The summed E-state index contributed by atoms with van der Waals surface area (Å²) in [6, 6.07) is 10.1.